The van der Waals surface area contributed by atoms with Gasteiger partial charge in [-0.05, 0) is 59.7 Å². The van der Waals surface area contributed by atoms with Crippen LogP contribution in [0.3, 0.4) is 0 Å². The summed E-state index contributed by atoms with van der Waals surface area (Å²) >= 11 is 1.77. The van der Waals surface area contributed by atoms with Gasteiger partial charge in [0.1, 0.15) is 0 Å². The molecule has 0 radical (unpaired) electrons. The molecule has 0 aliphatic rings. The fourth-order valence-corrected chi connectivity index (χ4v) is 10.9. The van der Waals surface area contributed by atoms with Gasteiger partial charge in [-0.25, -0.2) is 9.97 Å². The maximum Gasteiger partial charge on any atom is 0.160 e. The fraction of sp³-hybridized carbons (Fsp3) is 0. The lowest BCUT2D eigenvalue weighted by Gasteiger charge is -2.21. The van der Waals surface area contributed by atoms with Crippen LogP contribution >= 0.6 is 11.3 Å². The minimum atomic E-state index is 0.716. The van der Waals surface area contributed by atoms with Crippen molar-refractivity contribution in [2.24, 2.45) is 0 Å². The fourth-order valence-electron chi connectivity index (χ4n) is 9.73. The van der Waals surface area contributed by atoms with Crippen LogP contribution < -0.4 is 0 Å². The van der Waals surface area contributed by atoms with Crippen molar-refractivity contribution in [2.45, 2.75) is 0 Å². The third kappa shape index (κ3) is 5.60. The van der Waals surface area contributed by atoms with Gasteiger partial charge in [-0.1, -0.05) is 170 Å². The van der Waals surface area contributed by atoms with Crippen molar-refractivity contribution in [3.8, 4) is 56.3 Å². The summed E-state index contributed by atoms with van der Waals surface area (Å²) < 4.78 is 7.21. The Labute approximate surface area is 367 Å². The quantitative estimate of drug-likeness (QED) is 0.167. The second kappa shape index (κ2) is 14.2. The molecule has 0 bridgehead atoms. The van der Waals surface area contributed by atoms with Gasteiger partial charge in [-0.2, -0.15) is 0 Å². The van der Waals surface area contributed by atoms with Crippen LogP contribution in [0.15, 0.2) is 218 Å². The Bertz CT molecular complexity index is 3790. The van der Waals surface area contributed by atoms with Gasteiger partial charge in [-0.3, -0.25) is 0 Å². The molecular weight excluding hydrogens is 785 g/mol. The minimum Gasteiger partial charge on any atom is -0.309 e. The normalized spacial score (nSPS) is 11.8. The summed E-state index contributed by atoms with van der Waals surface area (Å²) in [6, 6.07) is 78.7. The average molecular weight is 821 g/mol. The molecule has 4 heterocycles. The van der Waals surface area contributed by atoms with Gasteiger partial charge < -0.3 is 9.13 Å². The third-order valence-corrected chi connectivity index (χ3v) is 13.7. The van der Waals surface area contributed by atoms with E-state index in [2.05, 4.69) is 221 Å². The average Bonchev–Trinajstić information content (AvgIpc) is 4.02. The van der Waals surface area contributed by atoms with Crippen molar-refractivity contribution >= 4 is 75.3 Å². The van der Waals surface area contributed by atoms with Crippen LogP contribution in [-0.2, 0) is 0 Å². The van der Waals surface area contributed by atoms with Crippen LogP contribution in [0.5, 0.6) is 0 Å². The molecule has 0 amide bonds. The van der Waals surface area contributed by atoms with E-state index in [0.717, 1.165) is 77.1 Å². The first-order valence-corrected chi connectivity index (χ1v) is 22.1. The third-order valence-electron chi connectivity index (χ3n) is 12.5. The number of para-hydroxylation sites is 3. The smallest absolute Gasteiger partial charge is 0.160 e. The van der Waals surface area contributed by atoms with E-state index in [4.69, 9.17) is 9.97 Å². The summed E-state index contributed by atoms with van der Waals surface area (Å²) in [6.45, 7) is 0. The summed E-state index contributed by atoms with van der Waals surface area (Å²) in [4.78, 5) is 10.7. The molecule has 9 aromatic carbocycles. The van der Waals surface area contributed by atoms with Crippen LogP contribution in [0, 0.1) is 0 Å². The van der Waals surface area contributed by atoms with Crippen molar-refractivity contribution in [1.29, 1.82) is 0 Å². The zero-order chi connectivity index (χ0) is 41.4. The number of rotatable bonds is 6. The SMILES string of the molecule is c1ccc(-c2nc(-c3cc(-c4ccccc4)c(-n4c5ccccc5c5ccc(-n6c7ccccc7c7ccccc76)cc54)c(-c4ccccc4)c3)c3sc4ccccc4c3n2)cc1. The van der Waals surface area contributed by atoms with Gasteiger partial charge in [0.05, 0.1) is 43.7 Å². The highest BCUT2D eigenvalue weighted by Crippen LogP contribution is 2.47. The van der Waals surface area contributed by atoms with Gasteiger partial charge in [-0.15, -0.1) is 11.3 Å². The molecule has 0 aliphatic carbocycles. The first-order chi connectivity index (χ1) is 31.3. The van der Waals surface area contributed by atoms with Gasteiger partial charge in [0.2, 0.25) is 0 Å². The Balaban J connectivity index is 1.16. The lowest BCUT2D eigenvalue weighted by molar-refractivity contribution is 1.16. The van der Waals surface area contributed by atoms with Crippen molar-refractivity contribution < 1.29 is 0 Å². The molecular formula is C58H36N4S. The first kappa shape index (κ1) is 35.6. The number of hydrogen-bond acceptors (Lipinski definition) is 3. The van der Waals surface area contributed by atoms with E-state index in [1.165, 1.54) is 37.3 Å². The van der Waals surface area contributed by atoms with Gasteiger partial charge in [0, 0.05) is 59.6 Å². The Morgan fingerprint density at radius 2 is 0.825 bits per heavy atom. The zero-order valence-electron chi connectivity index (χ0n) is 34.0. The molecule has 0 aliphatic heterocycles. The molecule has 294 valence electrons. The molecule has 63 heavy (non-hydrogen) atoms. The second-order valence-electron chi connectivity index (χ2n) is 16.1. The van der Waals surface area contributed by atoms with Crippen LogP contribution in [-0.4, -0.2) is 19.1 Å². The summed E-state index contributed by atoms with van der Waals surface area (Å²) in [5.41, 5.74) is 15.3. The van der Waals surface area contributed by atoms with Crippen molar-refractivity contribution in [3.05, 3.63) is 218 Å². The van der Waals surface area contributed by atoms with E-state index in [-0.39, 0.29) is 0 Å². The summed E-state index contributed by atoms with van der Waals surface area (Å²) in [5, 5.41) is 6.04. The molecule has 4 aromatic heterocycles. The predicted octanol–water partition coefficient (Wildman–Crippen LogP) is 15.7. The van der Waals surface area contributed by atoms with Gasteiger partial charge in [0.15, 0.2) is 5.82 Å². The van der Waals surface area contributed by atoms with Crippen LogP contribution in [0.2, 0.25) is 0 Å². The van der Waals surface area contributed by atoms with Gasteiger partial charge in [0.25, 0.3) is 0 Å². The van der Waals surface area contributed by atoms with Gasteiger partial charge >= 0.3 is 0 Å². The highest BCUT2D eigenvalue weighted by Gasteiger charge is 2.25. The second-order valence-corrected chi connectivity index (χ2v) is 17.2. The number of aromatic nitrogens is 4. The maximum absolute atomic E-state index is 5.48. The number of benzene rings is 9. The van der Waals surface area contributed by atoms with E-state index in [1.54, 1.807) is 11.3 Å². The maximum atomic E-state index is 5.48. The van der Waals surface area contributed by atoms with E-state index in [9.17, 15) is 0 Å². The van der Waals surface area contributed by atoms with Crippen LogP contribution in [0.25, 0.3) is 120 Å². The monoisotopic (exact) mass is 820 g/mol. The lowest BCUT2D eigenvalue weighted by atomic mass is 9.91. The Kier molecular flexibility index (Phi) is 8.05. The minimum absolute atomic E-state index is 0.716. The molecule has 4 nitrogen and oxygen atoms in total. The molecule has 0 unspecified atom stereocenters. The number of fused-ring (bicyclic) bond motifs is 9. The highest BCUT2D eigenvalue weighted by atomic mass is 32.1. The standard InChI is InChI=1S/C58H36N4S/c1-4-18-37(19-5-1)47-34-40(54-57-55(46-27-13-17-31-53(46)63-57)60-58(59-54)39-22-8-3-9-23-39)35-48(38-20-6-2-7-21-38)56(47)62-51-30-16-12-26-44(51)45-33-32-41(36-52(45)62)61-49-28-14-10-24-42(49)43-25-11-15-29-50(43)61/h1-36H. The zero-order valence-corrected chi connectivity index (χ0v) is 34.8. The molecule has 13 aromatic rings. The number of nitrogens with zero attached hydrogens (tertiary/aromatic N) is 4. The van der Waals surface area contributed by atoms with Crippen molar-refractivity contribution in [2.75, 3.05) is 0 Å². The Hall–Kier alpha value is -8.12. The van der Waals surface area contributed by atoms with Crippen LogP contribution in [0.1, 0.15) is 0 Å². The van der Waals surface area contributed by atoms with Crippen LogP contribution in [0.4, 0.5) is 0 Å². The lowest BCUT2D eigenvalue weighted by Crippen LogP contribution is -2.03. The summed E-state index contributed by atoms with van der Waals surface area (Å²) in [6.07, 6.45) is 0. The topological polar surface area (TPSA) is 35.6 Å². The molecule has 0 fully saturated rings. The molecule has 0 spiro atoms. The molecule has 0 atom stereocenters. The largest absolute Gasteiger partial charge is 0.309 e. The van der Waals surface area contributed by atoms with Crippen molar-refractivity contribution in [1.82, 2.24) is 19.1 Å². The first-order valence-electron chi connectivity index (χ1n) is 21.3. The molecule has 0 saturated carbocycles. The Morgan fingerprint density at radius 3 is 1.41 bits per heavy atom. The van der Waals surface area contributed by atoms with E-state index in [1.807, 2.05) is 6.07 Å². The molecule has 0 N–H and O–H groups in total. The van der Waals surface area contributed by atoms with E-state index in [0.29, 0.717) is 5.82 Å². The van der Waals surface area contributed by atoms with Crippen molar-refractivity contribution in [3.63, 3.8) is 0 Å². The highest BCUT2D eigenvalue weighted by molar-refractivity contribution is 7.26. The Morgan fingerprint density at radius 1 is 0.349 bits per heavy atom. The van der Waals surface area contributed by atoms with E-state index < -0.39 is 0 Å². The molecule has 13 rings (SSSR count). The molecule has 0 saturated heterocycles. The van der Waals surface area contributed by atoms with E-state index >= 15 is 0 Å². The predicted molar refractivity (Wildman–Crippen MR) is 265 cm³/mol. The molecule has 5 heteroatoms. The summed E-state index contributed by atoms with van der Waals surface area (Å²) in [7, 11) is 0. The summed E-state index contributed by atoms with van der Waals surface area (Å²) in [5.74, 6) is 0.716. The number of hydrogen-bond donors (Lipinski definition) is 0. The number of thiophene rings is 1.